The molecule has 186 valence electrons. The number of phenols is 2. The second kappa shape index (κ2) is 8.80. The molecule has 0 unspecified atom stereocenters. The average molecular weight is 508 g/mol. The largest absolute Gasteiger partial charge is 0.506 e. The van der Waals surface area contributed by atoms with Crippen molar-refractivity contribution in [1.82, 2.24) is 9.97 Å². The number of fused-ring (bicyclic) bond motifs is 4. The topological polar surface area (TPSA) is 107 Å². The highest BCUT2D eigenvalue weighted by Gasteiger charge is 2.22. The molecule has 2 aromatic heterocycles. The van der Waals surface area contributed by atoms with Crippen LogP contribution in [0.25, 0.3) is 65.6 Å². The van der Waals surface area contributed by atoms with Crippen LogP contribution in [0.4, 0.5) is 0 Å². The van der Waals surface area contributed by atoms with Crippen molar-refractivity contribution in [2.24, 2.45) is 0 Å². The van der Waals surface area contributed by atoms with Gasteiger partial charge < -0.3 is 20.3 Å². The van der Waals surface area contributed by atoms with Crippen LogP contribution in [0.15, 0.2) is 103 Å². The van der Waals surface area contributed by atoms with Gasteiger partial charge >= 0.3 is 7.12 Å². The van der Waals surface area contributed by atoms with Crippen molar-refractivity contribution in [3.63, 3.8) is 0 Å². The lowest BCUT2D eigenvalue weighted by molar-refractivity contribution is 0.426. The van der Waals surface area contributed by atoms with Gasteiger partial charge in [0.15, 0.2) is 0 Å². The molecule has 7 rings (SSSR count). The lowest BCUT2D eigenvalue weighted by Gasteiger charge is -2.20. The van der Waals surface area contributed by atoms with Gasteiger partial charge in [0.05, 0.1) is 0 Å². The van der Waals surface area contributed by atoms with Crippen LogP contribution in [0.1, 0.15) is 0 Å². The molecule has 0 amide bonds. The zero-order chi connectivity index (χ0) is 26.7. The first-order chi connectivity index (χ1) is 19.0. The number of benzene rings is 5. The summed E-state index contributed by atoms with van der Waals surface area (Å²) < 4.78 is 0. The highest BCUT2D eigenvalue weighted by molar-refractivity contribution is 6.59. The molecule has 0 saturated heterocycles. The van der Waals surface area contributed by atoms with Crippen LogP contribution in [0.2, 0.25) is 0 Å². The van der Waals surface area contributed by atoms with Crippen molar-refractivity contribution in [3.8, 4) is 33.8 Å². The molecule has 2 heterocycles. The van der Waals surface area contributed by atoms with E-state index in [0.29, 0.717) is 16.5 Å². The molecule has 7 aromatic rings. The molecule has 0 aliphatic rings. The Hall–Kier alpha value is -4.98. The van der Waals surface area contributed by atoms with E-state index < -0.39 is 7.12 Å². The van der Waals surface area contributed by atoms with Gasteiger partial charge in [0.2, 0.25) is 0 Å². The maximum absolute atomic E-state index is 10.5. The average Bonchev–Trinajstić information content (AvgIpc) is 2.97. The van der Waals surface area contributed by atoms with Crippen molar-refractivity contribution in [2.75, 3.05) is 0 Å². The summed E-state index contributed by atoms with van der Waals surface area (Å²) in [6.07, 6.45) is 3.30. The molecule has 4 N–H and O–H groups in total. The van der Waals surface area contributed by atoms with Gasteiger partial charge in [0.1, 0.15) is 22.5 Å². The molecule has 5 aromatic carbocycles. The van der Waals surface area contributed by atoms with Gasteiger partial charge in [-0.25, -0.2) is 0 Å². The molecule has 7 heteroatoms. The zero-order valence-corrected chi connectivity index (χ0v) is 20.6. The number of aromatic hydroxyl groups is 2. The smallest absolute Gasteiger partial charge is 0.488 e. The molecule has 39 heavy (non-hydrogen) atoms. The number of hydrogen-bond acceptors (Lipinski definition) is 6. The van der Waals surface area contributed by atoms with Crippen molar-refractivity contribution < 1.29 is 20.3 Å². The maximum atomic E-state index is 10.5. The minimum atomic E-state index is -1.64. The number of phenolic OH excluding ortho intramolecular Hbond substituents is 2. The molecular weight excluding hydrogens is 487 g/mol. The van der Waals surface area contributed by atoms with Crippen LogP contribution in [0.3, 0.4) is 0 Å². The fourth-order valence-corrected chi connectivity index (χ4v) is 5.69. The second-order valence-corrected chi connectivity index (χ2v) is 9.54. The Labute approximate surface area is 223 Å². The van der Waals surface area contributed by atoms with Gasteiger partial charge in [-0.05, 0) is 85.7 Å². The SMILES string of the molecule is OB(O)c1ccc2c(-c3ccc(O)c4ncccc34)c3ccccc3c(-c3ccc(O)c4ncccc34)c2c1. The van der Waals surface area contributed by atoms with E-state index in [-0.39, 0.29) is 11.5 Å². The van der Waals surface area contributed by atoms with Gasteiger partial charge in [-0.15, -0.1) is 0 Å². The van der Waals surface area contributed by atoms with Crippen LogP contribution >= 0.6 is 0 Å². The lowest BCUT2D eigenvalue weighted by Crippen LogP contribution is -2.29. The lowest BCUT2D eigenvalue weighted by atomic mass is 9.76. The van der Waals surface area contributed by atoms with Crippen LogP contribution in [0.5, 0.6) is 11.5 Å². The third-order valence-electron chi connectivity index (χ3n) is 7.38. The summed E-state index contributed by atoms with van der Waals surface area (Å²) in [6.45, 7) is 0. The second-order valence-electron chi connectivity index (χ2n) is 9.54. The summed E-state index contributed by atoms with van der Waals surface area (Å²) in [7, 11) is -1.64. The quantitative estimate of drug-likeness (QED) is 0.185. The molecular formula is C32H21BN2O4. The van der Waals surface area contributed by atoms with E-state index in [9.17, 15) is 20.3 Å². The Morgan fingerprint density at radius 3 is 1.51 bits per heavy atom. The fourth-order valence-electron chi connectivity index (χ4n) is 5.69. The number of aromatic nitrogens is 2. The highest BCUT2D eigenvalue weighted by Crippen LogP contribution is 2.47. The van der Waals surface area contributed by atoms with Gasteiger partial charge in [0, 0.05) is 23.2 Å². The number of rotatable bonds is 3. The van der Waals surface area contributed by atoms with Gasteiger partial charge in [-0.2, -0.15) is 0 Å². The Bertz CT molecular complexity index is 2090. The molecule has 0 aliphatic carbocycles. The Balaban J connectivity index is 1.72. The predicted molar refractivity (Wildman–Crippen MR) is 156 cm³/mol. The van der Waals surface area contributed by atoms with Crippen LogP contribution in [-0.2, 0) is 0 Å². The molecule has 0 bridgehead atoms. The minimum absolute atomic E-state index is 0.0918. The van der Waals surface area contributed by atoms with E-state index in [1.165, 1.54) is 0 Å². The first kappa shape index (κ1) is 23.2. The first-order valence-electron chi connectivity index (χ1n) is 12.5. The monoisotopic (exact) mass is 508 g/mol. The van der Waals surface area contributed by atoms with Crippen LogP contribution < -0.4 is 5.46 Å². The van der Waals surface area contributed by atoms with Gasteiger partial charge in [-0.3, -0.25) is 9.97 Å². The van der Waals surface area contributed by atoms with Gasteiger partial charge in [-0.1, -0.05) is 54.6 Å². The predicted octanol–water partition coefficient (Wildman–Crippen LogP) is 5.51. The fraction of sp³-hybridized carbons (Fsp3) is 0. The Morgan fingerprint density at radius 2 is 0.974 bits per heavy atom. The molecule has 0 atom stereocenters. The van der Waals surface area contributed by atoms with Gasteiger partial charge in [0.25, 0.3) is 0 Å². The normalized spacial score (nSPS) is 11.5. The molecule has 0 saturated carbocycles. The zero-order valence-electron chi connectivity index (χ0n) is 20.6. The molecule has 0 aliphatic heterocycles. The van der Waals surface area contributed by atoms with E-state index in [4.69, 9.17) is 0 Å². The molecule has 0 radical (unpaired) electrons. The van der Waals surface area contributed by atoms with Crippen molar-refractivity contribution >= 4 is 55.9 Å². The van der Waals surface area contributed by atoms with E-state index in [1.807, 2.05) is 60.7 Å². The standard InChI is InChI=1S/C32H21BN2O4/c36-27-13-11-21(24-7-3-15-34-31(24)27)29-19-5-1-2-6-20(19)30(26-17-18(33(38)39)9-10-23(26)29)22-12-14-28(37)32-25(22)8-4-16-35-32/h1-17,36-39H. The first-order valence-corrected chi connectivity index (χ1v) is 12.5. The Morgan fingerprint density at radius 1 is 0.487 bits per heavy atom. The van der Waals surface area contributed by atoms with Crippen molar-refractivity contribution in [3.05, 3.63) is 103 Å². The molecule has 0 fully saturated rings. The third-order valence-corrected chi connectivity index (χ3v) is 7.38. The van der Waals surface area contributed by atoms with Crippen molar-refractivity contribution in [1.29, 1.82) is 0 Å². The van der Waals surface area contributed by atoms with Crippen LogP contribution in [0, 0.1) is 0 Å². The Kier molecular flexibility index (Phi) is 5.23. The number of nitrogens with zero attached hydrogens (tertiary/aromatic N) is 2. The minimum Gasteiger partial charge on any atom is -0.506 e. The summed E-state index contributed by atoms with van der Waals surface area (Å²) in [5.74, 6) is 0.197. The maximum Gasteiger partial charge on any atom is 0.488 e. The summed E-state index contributed by atoms with van der Waals surface area (Å²) in [5.41, 5.74) is 4.97. The summed E-state index contributed by atoms with van der Waals surface area (Å²) in [4.78, 5) is 8.84. The van der Waals surface area contributed by atoms with E-state index >= 15 is 0 Å². The highest BCUT2D eigenvalue weighted by atomic mass is 16.4. The number of pyridine rings is 2. The number of hydrogen-bond donors (Lipinski definition) is 4. The molecule has 0 spiro atoms. The van der Waals surface area contributed by atoms with E-state index in [1.54, 1.807) is 36.7 Å². The van der Waals surface area contributed by atoms with E-state index in [2.05, 4.69) is 16.0 Å². The van der Waals surface area contributed by atoms with Crippen LogP contribution in [-0.4, -0.2) is 37.3 Å². The van der Waals surface area contributed by atoms with E-state index in [0.717, 1.165) is 54.6 Å². The summed E-state index contributed by atoms with van der Waals surface area (Å²) in [5, 5.41) is 46.5. The molecule has 6 nitrogen and oxygen atoms in total. The summed E-state index contributed by atoms with van der Waals surface area (Å²) in [6, 6.07) is 28.1. The summed E-state index contributed by atoms with van der Waals surface area (Å²) >= 11 is 0. The van der Waals surface area contributed by atoms with Crippen molar-refractivity contribution in [2.45, 2.75) is 0 Å². The third kappa shape index (κ3) is 3.52.